The Labute approximate surface area is 190 Å². The number of piperidine rings is 1. The third-order valence-electron chi connectivity index (χ3n) is 5.91. The highest BCUT2D eigenvalue weighted by atomic mass is 32.2. The Morgan fingerprint density at radius 1 is 1.03 bits per heavy atom. The largest absolute Gasteiger partial charge is 0.495 e. The van der Waals surface area contributed by atoms with Crippen LogP contribution >= 0.6 is 0 Å². The van der Waals surface area contributed by atoms with Gasteiger partial charge in [0.15, 0.2) is 0 Å². The third-order valence-corrected chi connectivity index (χ3v) is 7.83. The number of anilines is 1. The van der Waals surface area contributed by atoms with E-state index in [0.717, 1.165) is 11.1 Å². The van der Waals surface area contributed by atoms with Gasteiger partial charge in [-0.3, -0.25) is 4.79 Å². The van der Waals surface area contributed by atoms with E-state index >= 15 is 0 Å². The molecule has 0 radical (unpaired) electrons. The fraction of sp³-hybridized carbons (Fsp3) is 0.458. The summed E-state index contributed by atoms with van der Waals surface area (Å²) in [6.07, 6.45) is 0.900. The fourth-order valence-electron chi connectivity index (χ4n) is 3.91. The molecule has 0 aliphatic carbocycles. The van der Waals surface area contributed by atoms with Crippen LogP contribution in [-0.2, 0) is 14.8 Å². The summed E-state index contributed by atoms with van der Waals surface area (Å²) in [4.78, 5) is 13.0. The summed E-state index contributed by atoms with van der Waals surface area (Å²) in [7, 11) is -0.695. The van der Waals surface area contributed by atoms with Crippen LogP contribution in [0.5, 0.6) is 11.5 Å². The van der Waals surface area contributed by atoms with Crippen LogP contribution in [0.4, 0.5) is 5.69 Å². The van der Waals surface area contributed by atoms with Gasteiger partial charge in [-0.25, -0.2) is 8.42 Å². The number of ether oxygens (including phenoxy) is 2. The van der Waals surface area contributed by atoms with E-state index in [4.69, 9.17) is 9.47 Å². The number of nitrogens with one attached hydrogen (secondary N) is 1. The molecule has 1 aliphatic heterocycles. The second-order valence-corrected chi connectivity index (χ2v) is 10.3. The van der Waals surface area contributed by atoms with Crippen LogP contribution in [0.3, 0.4) is 0 Å². The Balaban J connectivity index is 1.72. The van der Waals surface area contributed by atoms with Crippen LogP contribution in [0, 0.1) is 12.8 Å². The quantitative estimate of drug-likeness (QED) is 0.670. The average Bonchev–Trinajstić information content (AvgIpc) is 2.78. The molecule has 1 aliphatic rings. The molecule has 1 amide bonds. The van der Waals surface area contributed by atoms with Gasteiger partial charge in [-0.15, -0.1) is 0 Å². The monoisotopic (exact) mass is 460 g/mol. The van der Waals surface area contributed by atoms with Crippen molar-refractivity contribution in [3.63, 3.8) is 0 Å². The van der Waals surface area contributed by atoms with Gasteiger partial charge in [-0.05, 0) is 61.1 Å². The van der Waals surface area contributed by atoms with Gasteiger partial charge < -0.3 is 14.8 Å². The Morgan fingerprint density at radius 2 is 1.66 bits per heavy atom. The number of carbonyl (C=O) groups is 1. The van der Waals surface area contributed by atoms with E-state index in [1.54, 1.807) is 19.2 Å². The first kappa shape index (κ1) is 24.1. The minimum Gasteiger partial charge on any atom is -0.495 e. The van der Waals surface area contributed by atoms with Crippen molar-refractivity contribution in [2.75, 3.05) is 32.6 Å². The van der Waals surface area contributed by atoms with E-state index in [9.17, 15) is 13.2 Å². The number of rotatable bonds is 7. The van der Waals surface area contributed by atoms with E-state index in [-0.39, 0.29) is 35.7 Å². The summed E-state index contributed by atoms with van der Waals surface area (Å²) in [6.45, 7) is 6.54. The van der Waals surface area contributed by atoms with Crippen molar-refractivity contribution in [1.82, 2.24) is 4.31 Å². The number of sulfonamides is 1. The Bertz CT molecular complexity index is 1070. The Hall–Kier alpha value is -2.58. The maximum absolute atomic E-state index is 13.4. The molecule has 2 aromatic rings. The maximum Gasteiger partial charge on any atom is 0.246 e. The number of hydrogen-bond acceptors (Lipinski definition) is 5. The number of nitrogens with zero attached hydrogens (tertiary/aromatic N) is 1. The van der Waals surface area contributed by atoms with Gasteiger partial charge in [0.05, 0.1) is 19.9 Å². The Morgan fingerprint density at radius 3 is 2.25 bits per heavy atom. The molecule has 1 fully saturated rings. The average molecular weight is 461 g/mol. The first-order valence-corrected chi connectivity index (χ1v) is 12.2. The van der Waals surface area contributed by atoms with Crippen molar-refractivity contribution in [2.45, 2.75) is 44.4 Å². The second-order valence-electron chi connectivity index (χ2n) is 8.44. The lowest BCUT2D eigenvalue weighted by molar-refractivity contribution is -0.120. The smallest absolute Gasteiger partial charge is 0.246 e. The number of aryl methyl sites for hydroxylation is 1. The predicted molar refractivity (Wildman–Crippen MR) is 125 cm³/mol. The minimum atomic E-state index is -3.73. The van der Waals surface area contributed by atoms with E-state index in [1.807, 2.05) is 45.0 Å². The van der Waals surface area contributed by atoms with Crippen molar-refractivity contribution < 1.29 is 22.7 Å². The van der Waals surface area contributed by atoms with E-state index in [1.165, 1.54) is 11.4 Å². The summed E-state index contributed by atoms with van der Waals surface area (Å²) >= 11 is 0. The molecule has 174 valence electrons. The highest BCUT2D eigenvalue weighted by Gasteiger charge is 2.34. The number of amides is 1. The molecule has 2 aromatic carbocycles. The molecule has 0 atom stereocenters. The van der Waals surface area contributed by atoms with Gasteiger partial charge in [0, 0.05) is 19.0 Å². The first-order chi connectivity index (χ1) is 15.2. The van der Waals surface area contributed by atoms with Crippen LogP contribution in [0.1, 0.15) is 43.7 Å². The molecule has 3 rings (SSSR count). The van der Waals surface area contributed by atoms with Crippen LogP contribution in [0.15, 0.2) is 41.3 Å². The van der Waals surface area contributed by atoms with Crippen molar-refractivity contribution >= 4 is 21.6 Å². The van der Waals surface area contributed by atoms with Gasteiger partial charge in [0.25, 0.3) is 0 Å². The topological polar surface area (TPSA) is 84.9 Å². The van der Waals surface area contributed by atoms with Crippen molar-refractivity contribution in [1.29, 1.82) is 0 Å². The lowest BCUT2D eigenvalue weighted by atomic mass is 9.97. The molecule has 32 heavy (non-hydrogen) atoms. The predicted octanol–water partition coefficient (Wildman–Crippen LogP) is 4.18. The maximum atomic E-state index is 13.4. The van der Waals surface area contributed by atoms with Gasteiger partial charge >= 0.3 is 0 Å². The van der Waals surface area contributed by atoms with Gasteiger partial charge in [0.1, 0.15) is 16.4 Å². The lowest BCUT2D eigenvalue weighted by Crippen LogP contribution is -2.41. The van der Waals surface area contributed by atoms with Crippen LogP contribution in [-0.4, -0.2) is 45.9 Å². The zero-order valence-corrected chi connectivity index (χ0v) is 20.2. The zero-order chi connectivity index (χ0) is 23.5. The van der Waals surface area contributed by atoms with E-state index in [2.05, 4.69) is 5.32 Å². The van der Waals surface area contributed by atoms with Crippen LogP contribution < -0.4 is 14.8 Å². The summed E-state index contributed by atoms with van der Waals surface area (Å²) in [5.41, 5.74) is 2.58. The molecule has 7 nitrogen and oxygen atoms in total. The van der Waals surface area contributed by atoms with Gasteiger partial charge in [-0.1, -0.05) is 26.0 Å². The number of carbonyl (C=O) groups excluding carboxylic acids is 1. The first-order valence-electron chi connectivity index (χ1n) is 10.8. The molecule has 0 bridgehead atoms. The van der Waals surface area contributed by atoms with Crippen LogP contribution in [0.2, 0.25) is 0 Å². The van der Waals surface area contributed by atoms with Gasteiger partial charge in [0.2, 0.25) is 15.9 Å². The SMILES string of the molecule is COc1ccc(C)cc1NC(=O)C1CCN(S(=O)(=O)c2cc(C(C)C)ccc2OC)CC1. The van der Waals surface area contributed by atoms with Crippen molar-refractivity contribution in [3.05, 3.63) is 47.5 Å². The molecule has 0 aromatic heterocycles. The van der Waals surface area contributed by atoms with Gasteiger partial charge in [-0.2, -0.15) is 4.31 Å². The standard InChI is InChI=1S/C24H32N2O5S/c1-16(2)19-7-9-22(31-5)23(15-19)32(28,29)26-12-10-18(11-13-26)24(27)25-20-14-17(3)6-8-21(20)30-4/h6-9,14-16,18H,10-13H2,1-5H3,(H,25,27). The second kappa shape index (κ2) is 9.92. The summed E-state index contributed by atoms with van der Waals surface area (Å²) in [5.74, 6) is 0.741. The molecule has 1 saturated heterocycles. The highest BCUT2D eigenvalue weighted by molar-refractivity contribution is 7.89. The lowest BCUT2D eigenvalue weighted by Gasteiger charge is -2.31. The summed E-state index contributed by atoms with van der Waals surface area (Å²) < 4.78 is 38.8. The highest BCUT2D eigenvalue weighted by Crippen LogP contribution is 2.33. The molecule has 0 saturated carbocycles. The molecule has 1 N–H and O–H groups in total. The minimum absolute atomic E-state index is 0.120. The molecule has 0 spiro atoms. The Kier molecular flexibility index (Phi) is 7.46. The number of benzene rings is 2. The summed E-state index contributed by atoms with van der Waals surface area (Å²) in [6, 6.07) is 10.9. The van der Waals surface area contributed by atoms with E-state index < -0.39 is 10.0 Å². The fourth-order valence-corrected chi connectivity index (χ4v) is 5.57. The molecule has 1 heterocycles. The van der Waals surface area contributed by atoms with Crippen molar-refractivity contribution in [2.24, 2.45) is 5.92 Å². The number of hydrogen-bond donors (Lipinski definition) is 1. The van der Waals surface area contributed by atoms with Crippen molar-refractivity contribution in [3.8, 4) is 11.5 Å². The molecular weight excluding hydrogens is 428 g/mol. The molecular formula is C24H32N2O5S. The zero-order valence-electron chi connectivity index (χ0n) is 19.3. The molecule has 8 heteroatoms. The normalized spacial score (nSPS) is 15.6. The summed E-state index contributed by atoms with van der Waals surface area (Å²) in [5, 5.41) is 2.94. The molecule has 0 unspecified atom stereocenters. The third kappa shape index (κ3) is 5.07. The van der Waals surface area contributed by atoms with E-state index in [0.29, 0.717) is 30.0 Å². The number of methoxy groups -OCH3 is 2. The van der Waals surface area contributed by atoms with Crippen LogP contribution in [0.25, 0.3) is 0 Å².